The second-order valence-electron chi connectivity index (χ2n) is 6.09. The van der Waals surface area contributed by atoms with Gasteiger partial charge < -0.3 is 14.5 Å². The second kappa shape index (κ2) is 8.80. The molecule has 1 aromatic heterocycles. The Morgan fingerprint density at radius 2 is 1.74 bits per heavy atom. The largest absolute Gasteiger partial charge is 0.456 e. The lowest BCUT2D eigenvalue weighted by molar-refractivity contribution is -0.146. The number of aromatic nitrogens is 1. The number of amides is 1. The summed E-state index contributed by atoms with van der Waals surface area (Å²) in [4.78, 5) is 28.2. The van der Waals surface area contributed by atoms with Crippen LogP contribution in [0.3, 0.4) is 0 Å². The van der Waals surface area contributed by atoms with Gasteiger partial charge in [-0.05, 0) is 19.1 Å². The Bertz CT molecular complexity index is 891. The van der Waals surface area contributed by atoms with Crippen molar-refractivity contribution < 1.29 is 18.7 Å². The van der Waals surface area contributed by atoms with Crippen LogP contribution in [0.15, 0.2) is 71.3 Å². The lowest BCUT2D eigenvalue weighted by Gasteiger charge is -2.13. The minimum absolute atomic E-state index is 0.0506. The average Bonchev–Trinajstić information content (AvgIpc) is 3.17. The second-order valence-corrected chi connectivity index (χ2v) is 6.09. The van der Waals surface area contributed by atoms with Crippen LogP contribution in [0.2, 0.25) is 0 Å². The highest BCUT2D eigenvalue weighted by molar-refractivity contribution is 5.94. The van der Waals surface area contributed by atoms with Gasteiger partial charge in [0.25, 0.3) is 5.91 Å². The maximum absolute atomic E-state index is 12.1. The van der Waals surface area contributed by atoms with Crippen LogP contribution in [0.4, 0.5) is 0 Å². The summed E-state index contributed by atoms with van der Waals surface area (Å²) in [5, 5.41) is 2.77. The molecule has 0 bridgehead atoms. The zero-order valence-corrected chi connectivity index (χ0v) is 14.9. The van der Waals surface area contributed by atoms with Gasteiger partial charge in [0.2, 0.25) is 5.89 Å². The Morgan fingerprint density at radius 1 is 1.07 bits per heavy atom. The molecule has 1 unspecified atom stereocenters. The van der Waals surface area contributed by atoms with Gasteiger partial charge in [-0.1, -0.05) is 48.5 Å². The van der Waals surface area contributed by atoms with E-state index in [0.717, 1.165) is 5.56 Å². The maximum Gasteiger partial charge on any atom is 0.308 e. The predicted octanol–water partition coefficient (Wildman–Crippen LogP) is 3.59. The molecule has 1 heterocycles. The molecular formula is C21H20N2O4. The normalized spacial score (nSPS) is 11.6. The van der Waals surface area contributed by atoms with Crippen LogP contribution in [-0.2, 0) is 16.1 Å². The van der Waals surface area contributed by atoms with Gasteiger partial charge in [0.1, 0.15) is 0 Å². The summed E-state index contributed by atoms with van der Waals surface area (Å²) in [7, 11) is 0. The van der Waals surface area contributed by atoms with Crippen molar-refractivity contribution in [2.75, 3.05) is 0 Å². The summed E-state index contributed by atoms with van der Waals surface area (Å²) < 4.78 is 10.8. The Kier molecular flexibility index (Phi) is 5.99. The van der Waals surface area contributed by atoms with Crippen LogP contribution in [-0.4, -0.2) is 22.9 Å². The number of rotatable bonds is 7. The number of carbonyl (C=O) groups is 2. The molecule has 138 valence electrons. The monoisotopic (exact) mass is 364 g/mol. The topological polar surface area (TPSA) is 81.4 Å². The van der Waals surface area contributed by atoms with Gasteiger partial charge >= 0.3 is 5.97 Å². The molecule has 3 rings (SSSR count). The Balaban J connectivity index is 1.46. The number of nitrogens with zero attached hydrogens (tertiary/aromatic N) is 1. The fourth-order valence-electron chi connectivity index (χ4n) is 2.51. The van der Waals surface area contributed by atoms with Gasteiger partial charge in [-0.25, -0.2) is 4.98 Å². The molecule has 0 aliphatic rings. The highest BCUT2D eigenvalue weighted by Gasteiger charge is 2.15. The summed E-state index contributed by atoms with van der Waals surface area (Å²) in [6, 6.07) is 18.0. The van der Waals surface area contributed by atoms with Gasteiger partial charge in [0, 0.05) is 17.2 Å². The van der Waals surface area contributed by atoms with E-state index < -0.39 is 5.97 Å². The van der Waals surface area contributed by atoms with Crippen LogP contribution in [0.1, 0.15) is 29.6 Å². The highest BCUT2D eigenvalue weighted by Crippen LogP contribution is 2.20. The van der Waals surface area contributed by atoms with E-state index in [9.17, 15) is 9.59 Å². The fourth-order valence-corrected chi connectivity index (χ4v) is 2.51. The third kappa shape index (κ3) is 5.28. The van der Waals surface area contributed by atoms with E-state index in [0.29, 0.717) is 17.2 Å². The molecule has 6 heteroatoms. The molecule has 2 aromatic carbocycles. The summed E-state index contributed by atoms with van der Waals surface area (Å²) in [5.41, 5.74) is 1.45. The zero-order chi connectivity index (χ0) is 19.1. The lowest BCUT2D eigenvalue weighted by Crippen LogP contribution is -2.34. The summed E-state index contributed by atoms with van der Waals surface area (Å²) in [6.07, 6.45) is 1.66. The Hall–Kier alpha value is -3.41. The van der Waals surface area contributed by atoms with Crippen molar-refractivity contribution in [2.45, 2.75) is 26.0 Å². The summed E-state index contributed by atoms with van der Waals surface area (Å²) in [5.74, 6) is 0.278. The van der Waals surface area contributed by atoms with Gasteiger partial charge in [0.05, 0.1) is 12.6 Å². The van der Waals surface area contributed by atoms with Gasteiger partial charge in [-0.3, -0.25) is 9.59 Å². The summed E-state index contributed by atoms with van der Waals surface area (Å²) in [6.45, 7) is 1.70. The van der Waals surface area contributed by atoms with E-state index in [1.165, 1.54) is 0 Å². The Morgan fingerprint density at radius 3 is 2.44 bits per heavy atom. The van der Waals surface area contributed by atoms with Crippen LogP contribution < -0.4 is 5.32 Å². The number of ether oxygens (including phenoxy) is 1. The molecule has 0 spiro atoms. The molecule has 27 heavy (non-hydrogen) atoms. The third-order valence-corrected chi connectivity index (χ3v) is 3.85. The molecular weight excluding hydrogens is 344 g/mol. The van der Waals surface area contributed by atoms with E-state index in [1.54, 1.807) is 37.4 Å². The van der Waals surface area contributed by atoms with Crippen molar-refractivity contribution in [3.63, 3.8) is 0 Å². The molecule has 0 aliphatic carbocycles. The highest BCUT2D eigenvalue weighted by atomic mass is 16.5. The molecule has 6 nitrogen and oxygen atoms in total. The van der Waals surface area contributed by atoms with Crippen molar-refractivity contribution in [2.24, 2.45) is 0 Å². The number of nitrogens with one attached hydrogen (secondary N) is 1. The number of oxazole rings is 1. The first kappa shape index (κ1) is 18.4. The molecule has 3 aromatic rings. The SMILES string of the molecule is CC(CC(=O)OCc1ncc(-c2ccccc2)o1)NC(=O)c1ccccc1. The molecule has 0 saturated carbocycles. The smallest absolute Gasteiger partial charge is 0.308 e. The summed E-state index contributed by atoms with van der Waals surface area (Å²) >= 11 is 0. The van der Waals surface area contributed by atoms with E-state index in [2.05, 4.69) is 10.3 Å². The van der Waals surface area contributed by atoms with Crippen molar-refractivity contribution in [3.05, 3.63) is 78.3 Å². The van der Waals surface area contributed by atoms with Crippen molar-refractivity contribution in [3.8, 4) is 11.3 Å². The molecule has 1 N–H and O–H groups in total. The maximum atomic E-state index is 12.1. The van der Waals surface area contributed by atoms with Crippen LogP contribution >= 0.6 is 0 Å². The number of carbonyl (C=O) groups excluding carboxylic acids is 2. The molecule has 0 saturated heterocycles. The minimum Gasteiger partial charge on any atom is -0.456 e. The van der Waals surface area contributed by atoms with Crippen LogP contribution in [0, 0.1) is 0 Å². The Labute approximate surface area is 157 Å². The van der Waals surface area contributed by atoms with E-state index in [4.69, 9.17) is 9.15 Å². The van der Waals surface area contributed by atoms with Crippen molar-refractivity contribution >= 4 is 11.9 Å². The number of hydrogen-bond acceptors (Lipinski definition) is 5. The number of benzene rings is 2. The number of esters is 1. The van der Waals surface area contributed by atoms with E-state index >= 15 is 0 Å². The predicted molar refractivity (Wildman–Crippen MR) is 99.7 cm³/mol. The fraction of sp³-hybridized carbons (Fsp3) is 0.190. The van der Waals surface area contributed by atoms with Crippen molar-refractivity contribution in [1.82, 2.24) is 10.3 Å². The minimum atomic E-state index is -0.435. The van der Waals surface area contributed by atoms with Crippen LogP contribution in [0.5, 0.6) is 0 Å². The zero-order valence-electron chi connectivity index (χ0n) is 14.9. The first-order chi connectivity index (χ1) is 13.1. The van der Waals surface area contributed by atoms with Crippen LogP contribution in [0.25, 0.3) is 11.3 Å². The van der Waals surface area contributed by atoms with E-state index in [-0.39, 0.29) is 25.0 Å². The molecule has 0 fully saturated rings. The molecule has 1 atom stereocenters. The van der Waals surface area contributed by atoms with Gasteiger partial charge in [-0.15, -0.1) is 0 Å². The standard InChI is InChI=1S/C21H20N2O4/c1-15(23-21(25)17-10-6-3-7-11-17)12-20(24)26-14-19-22-13-18(27-19)16-8-4-2-5-9-16/h2-11,13,15H,12,14H2,1H3,(H,23,25). The van der Waals surface area contributed by atoms with Gasteiger partial charge in [0.15, 0.2) is 12.4 Å². The molecule has 0 aliphatic heterocycles. The first-order valence-electron chi connectivity index (χ1n) is 8.63. The lowest BCUT2D eigenvalue weighted by atomic mass is 10.2. The van der Waals surface area contributed by atoms with Gasteiger partial charge in [-0.2, -0.15) is 0 Å². The average molecular weight is 364 g/mol. The third-order valence-electron chi connectivity index (χ3n) is 3.85. The molecule has 1 amide bonds. The first-order valence-corrected chi connectivity index (χ1v) is 8.63. The molecule has 0 radical (unpaired) electrons. The van der Waals surface area contributed by atoms with E-state index in [1.807, 2.05) is 36.4 Å². The van der Waals surface area contributed by atoms with Crippen molar-refractivity contribution in [1.29, 1.82) is 0 Å². The quantitative estimate of drug-likeness (QED) is 0.648. The number of hydrogen-bond donors (Lipinski definition) is 1.